The van der Waals surface area contributed by atoms with Crippen LogP contribution >= 0.6 is 11.8 Å². The van der Waals surface area contributed by atoms with E-state index in [1.54, 1.807) is 14.0 Å². The molecule has 2 rings (SSSR count). The molecule has 1 aromatic heterocycles. The van der Waals surface area contributed by atoms with Crippen molar-refractivity contribution in [3.63, 3.8) is 0 Å². The van der Waals surface area contributed by atoms with Gasteiger partial charge in [-0.05, 0) is 31.9 Å². The van der Waals surface area contributed by atoms with Crippen LogP contribution < -0.4 is 10.9 Å². The smallest absolute Gasteiger partial charge is 0.261 e. The molecule has 0 fully saturated rings. The quantitative estimate of drug-likeness (QED) is 0.655. The van der Waals surface area contributed by atoms with Gasteiger partial charge in [0.05, 0.1) is 22.7 Å². The molecule has 7 heteroatoms. The fourth-order valence-corrected chi connectivity index (χ4v) is 3.02. The highest BCUT2D eigenvalue weighted by atomic mass is 32.2. The number of amides is 1. The van der Waals surface area contributed by atoms with Crippen molar-refractivity contribution < 1.29 is 4.79 Å². The first-order valence-electron chi connectivity index (χ1n) is 8.00. The second-order valence-electron chi connectivity index (χ2n) is 6.58. The number of benzene rings is 1. The van der Waals surface area contributed by atoms with Crippen molar-refractivity contribution in [3.05, 3.63) is 34.1 Å². The molecule has 1 aromatic carbocycles. The van der Waals surface area contributed by atoms with Gasteiger partial charge in [0.1, 0.15) is 5.54 Å². The van der Waals surface area contributed by atoms with Crippen LogP contribution in [0.15, 0.2) is 28.2 Å². The summed E-state index contributed by atoms with van der Waals surface area (Å²) in [4.78, 5) is 29.2. The number of rotatable bonds is 5. The van der Waals surface area contributed by atoms with Crippen molar-refractivity contribution in [1.82, 2.24) is 14.9 Å². The Kier molecular flexibility index (Phi) is 5.53. The van der Waals surface area contributed by atoms with Gasteiger partial charge < -0.3 is 5.32 Å². The highest BCUT2D eigenvalue weighted by molar-refractivity contribution is 7.99. The van der Waals surface area contributed by atoms with Crippen molar-refractivity contribution >= 4 is 28.6 Å². The number of hydrogen-bond acceptors (Lipinski definition) is 5. The van der Waals surface area contributed by atoms with Gasteiger partial charge in [0.2, 0.25) is 5.91 Å². The summed E-state index contributed by atoms with van der Waals surface area (Å²) >= 11 is 1.18. The van der Waals surface area contributed by atoms with Crippen LogP contribution in [0.5, 0.6) is 0 Å². The van der Waals surface area contributed by atoms with Crippen molar-refractivity contribution in [1.29, 1.82) is 5.26 Å². The van der Waals surface area contributed by atoms with E-state index in [0.717, 1.165) is 5.56 Å². The molecule has 1 heterocycles. The topological polar surface area (TPSA) is 87.8 Å². The number of carbonyl (C=O) groups excluding carboxylic acids is 1. The number of carbonyl (C=O) groups is 1. The Morgan fingerprint density at radius 3 is 2.76 bits per heavy atom. The lowest BCUT2D eigenvalue weighted by atomic mass is 9.90. The summed E-state index contributed by atoms with van der Waals surface area (Å²) in [6, 6.07) is 7.66. The summed E-state index contributed by atoms with van der Waals surface area (Å²) in [5, 5.41) is 13.1. The Morgan fingerprint density at radius 1 is 1.48 bits per heavy atom. The highest BCUT2D eigenvalue weighted by Crippen LogP contribution is 2.19. The maximum Gasteiger partial charge on any atom is 0.261 e. The van der Waals surface area contributed by atoms with Crippen LogP contribution in [-0.2, 0) is 11.8 Å². The van der Waals surface area contributed by atoms with E-state index in [4.69, 9.17) is 0 Å². The molecule has 0 unspecified atom stereocenters. The number of nitrogens with zero attached hydrogens (tertiary/aromatic N) is 3. The second kappa shape index (κ2) is 7.28. The van der Waals surface area contributed by atoms with Crippen LogP contribution in [0.4, 0.5) is 0 Å². The first-order chi connectivity index (χ1) is 11.7. The van der Waals surface area contributed by atoms with E-state index >= 15 is 0 Å². The summed E-state index contributed by atoms with van der Waals surface area (Å²) in [6.45, 7) is 7.39. The zero-order chi connectivity index (χ0) is 18.8. The maximum absolute atomic E-state index is 12.5. The van der Waals surface area contributed by atoms with Gasteiger partial charge in [-0.25, -0.2) is 4.98 Å². The van der Waals surface area contributed by atoms with Gasteiger partial charge in [0.25, 0.3) is 5.56 Å². The predicted molar refractivity (Wildman–Crippen MR) is 99.4 cm³/mol. The number of aromatic nitrogens is 2. The highest BCUT2D eigenvalue weighted by Gasteiger charge is 2.29. The Hall–Kier alpha value is -2.33. The van der Waals surface area contributed by atoms with Crippen LogP contribution in [0, 0.1) is 24.2 Å². The zero-order valence-electron chi connectivity index (χ0n) is 15.1. The van der Waals surface area contributed by atoms with Crippen molar-refractivity contribution in [3.8, 4) is 6.07 Å². The zero-order valence-corrected chi connectivity index (χ0v) is 15.9. The number of hydrogen-bond donors (Lipinski definition) is 1. The monoisotopic (exact) mass is 358 g/mol. The molecule has 1 atom stereocenters. The third-order valence-corrected chi connectivity index (χ3v) is 5.34. The SMILES string of the molecule is Cc1ccc2nc(SCC(=O)N[C@@](C)(C#N)C(C)C)n(C)c(=O)c2c1. The van der Waals surface area contributed by atoms with Gasteiger partial charge in [-0.15, -0.1) is 0 Å². The van der Waals surface area contributed by atoms with Crippen LogP contribution in [0.1, 0.15) is 26.3 Å². The number of nitrogens with one attached hydrogen (secondary N) is 1. The molecule has 0 radical (unpaired) electrons. The van der Waals surface area contributed by atoms with E-state index in [-0.39, 0.29) is 23.1 Å². The third-order valence-electron chi connectivity index (χ3n) is 4.31. The molecule has 0 aliphatic heterocycles. The normalized spacial score (nSPS) is 13.5. The molecule has 0 saturated carbocycles. The minimum atomic E-state index is -0.919. The summed E-state index contributed by atoms with van der Waals surface area (Å²) in [6.07, 6.45) is 0. The molecule has 2 aromatic rings. The van der Waals surface area contributed by atoms with E-state index < -0.39 is 5.54 Å². The minimum absolute atomic E-state index is 0.0159. The fourth-order valence-electron chi connectivity index (χ4n) is 2.25. The molecule has 6 nitrogen and oxygen atoms in total. The van der Waals surface area contributed by atoms with Crippen molar-refractivity contribution in [2.24, 2.45) is 13.0 Å². The Labute approximate surface area is 151 Å². The Balaban J connectivity index is 2.20. The molecule has 0 aliphatic rings. The molecule has 0 aliphatic carbocycles. The van der Waals surface area contributed by atoms with E-state index in [9.17, 15) is 14.9 Å². The minimum Gasteiger partial charge on any atom is -0.337 e. The van der Waals surface area contributed by atoms with Crippen molar-refractivity contribution in [2.45, 2.75) is 38.4 Å². The first kappa shape index (κ1) is 19.0. The number of nitriles is 1. The average Bonchev–Trinajstić information content (AvgIpc) is 2.57. The van der Waals surface area contributed by atoms with E-state index in [1.165, 1.54) is 16.3 Å². The van der Waals surface area contributed by atoms with E-state index in [1.807, 2.05) is 39.0 Å². The number of aryl methyl sites for hydroxylation is 1. The standard InChI is InChI=1S/C18H22N4O2S/c1-11(2)18(4,10-19)21-15(23)9-25-17-20-14-7-6-12(3)8-13(14)16(24)22(17)5/h6-8,11H,9H2,1-5H3,(H,21,23)/t18-/m0/s1. The molecule has 0 saturated heterocycles. The number of fused-ring (bicyclic) bond motifs is 1. The van der Waals surface area contributed by atoms with Crippen LogP contribution in [-0.4, -0.2) is 26.8 Å². The lowest BCUT2D eigenvalue weighted by molar-refractivity contribution is -0.120. The molecule has 1 amide bonds. The molecular weight excluding hydrogens is 336 g/mol. The Bertz CT molecular complexity index is 914. The molecule has 0 spiro atoms. The van der Waals surface area contributed by atoms with Gasteiger partial charge in [-0.1, -0.05) is 37.2 Å². The van der Waals surface area contributed by atoms with Crippen LogP contribution in [0.2, 0.25) is 0 Å². The summed E-state index contributed by atoms with van der Waals surface area (Å²) in [5.41, 5.74) is 0.551. The molecule has 25 heavy (non-hydrogen) atoms. The first-order valence-corrected chi connectivity index (χ1v) is 8.99. The van der Waals surface area contributed by atoms with Crippen LogP contribution in [0.25, 0.3) is 10.9 Å². The molecule has 132 valence electrons. The summed E-state index contributed by atoms with van der Waals surface area (Å²) in [5.74, 6) is -0.194. The fraction of sp³-hybridized carbons (Fsp3) is 0.444. The predicted octanol–water partition coefficient (Wildman–Crippen LogP) is 2.39. The molecule has 0 bridgehead atoms. The van der Waals surface area contributed by atoms with E-state index in [0.29, 0.717) is 16.1 Å². The van der Waals surface area contributed by atoms with Crippen LogP contribution in [0.3, 0.4) is 0 Å². The van der Waals surface area contributed by atoms with Gasteiger partial charge in [-0.2, -0.15) is 5.26 Å². The van der Waals surface area contributed by atoms with Gasteiger partial charge in [0, 0.05) is 7.05 Å². The summed E-state index contributed by atoms with van der Waals surface area (Å²) in [7, 11) is 1.64. The van der Waals surface area contributed by atoms with Gasteiger partial charge in [0.15, 0.2) is 5.16 Å². The van der Waals surface area contributed by atoms with Gasteiger partial charge >= 0.3 is 0 Å². The Morgan fingerprint density at radius 2 is 2.16 bits per heavy atom. The number of thioether (sulfide) groups is 1. The summed E-state index contributed by atoms with van der Waals surface area (Å²) < 4.78 is 1.45. The average molecular weight is 358 g/mol. The molecule has 1 N–H and O–H groups in total. The lowest BCUT2D eigenvalue weighted by Crippen LogP contribution is -2.49. The third kappa shape index (κ3) is 4.02. The van der Waals surface area contributed by atoms with Crippen molar-refractivity contribution in [2.75, 3.05) is 5.75 Å². The second-order valence-corrected chi connectivity index (χ2v) is 7.53. The van der Waals surface area contributed by atoms with E-state index in [2.05, 4.69) is 16.4 Å². The van der Waals surface area contributed by atoms with Gasteiger partial charge in [-0.3, -0.25) is 14.2 Å². The lowest BCUT2D eigenvalue weighted by Gasteiger charge is -2.27. The maximum atomic E-state index is 12.5. The molecular formula is C18H22N4O2S. The largest absolute Gasteiger partial charge is 0.337 e.